The van der Waals surface area contributed by atoms with Crippen LogP contribution < -0.4 is 0 Å². The van der Waals surface area contributed by atoms with E-state index in [4.69, 9.17) is 5.21 Å². The summed E-state index contributed by atoms with van der Waals surface area (Å²) in [7, 11) is 0. The molecule has 1 rings (SSSR count). The Morgan fingerprint density at radius 1 is 1.42 bits per heavy atom. The molecule has 0 aliphatic carbocycles. The quantitative estimate of drug-likeness (QED) is 0.508. The standard InChI is InChI=1S/C6H4F3NOS/c7-6(8,9)4-1-2-10(11)5(12)3-4/h1-3,11H. The zero-order valence-corrected chi connectivity index (χ0v) is 6.49. The second kappa shape index (κ2) is 2.78. The molecule has 1 N–H and O–H groups in total. The first-order valence-corrected chi connectivity index (χ1v) is 3.31. The smallest absolute Gasteiger partial charge is 0.416 e. The maximum Gasteiger partial charge on any atom is 0.416 e. The van der Waals surface area contributed by atoms with Crippen LogP contribution in [0.3, 0.4) is 0 Å². The fraction of sp³-hybridized carbons (Fsp3) is 0.167. The van der Waals surface area contributed by atoms with Gasteiger partial charge < -0.3 is 5.21 Å². The van der Waals surface area contributed by atoms with Crippen LogP contribution in [0.5, 0.6) is 0 Å². The van der Waals surface area contributed by atoms with Crippen molar-refractivity contribution < 1.29 is 18.4 Å². The highest BCUT2D eigenvalue weighted by molar-refractivity contribution is 7.71. The zero-order chi connectivity index (χ0) is 9.35. The lowest BCUT2D eigenvalue weighted by Gasteiger charge is -2.06. The number of aromatic nitrogens is 1. The fourth-order valence-electron chi connectivity index (χ4n) is 0.648. The monoisotopic (exact) mass is 195 g/mol. The lowest BCUT2D eigenvalue weighted by atomic mass is 10.3. The van der Waals surface area contributed by atoms with Gasteiger partial charge in [-0.1, -0.05) is 12.2 Å². The topological polar surface area (TPSA) is 25.2 Å². The molecular formula is C6H4F3NOS. The maximum atomic E-state index is 12.0. The van der Waals surface area contributed by atoms with Gasteiger partial charge in [0.05, 0.1) is 5.56 Å². The predicted molar refractivity (Wildman–Crippen MR) is 37.5 cm³/mol. The van der Waals surface area contributed by atoms with E-state index in [1.807, 2.05) is 0 Å². The summed E-state index contributed by atoms with van der Waals surface area (Å²) in [5.41, 5.74) is -0.863. The molecule has 0 bridgehead atoms. The Balaban J connectivity index is 3.23. The number of hydrogen-bond donors (Lipinski definition) is 1. The van der Waals surface area contributed by atoms with Crippen LogP contribution in [0.2, 0.25) is 0 Å². The van der Waals surface area contributed by atoms with E-state index < -0.39 is 11.7 Å². The third kappa shape index (κ3) is 1.76. The zero-order valence-electron chi connectivity index (χ0n) is 5.67. The highest BCUT2D eigenvalue weighted by Gasteiger charge is 2.30. The van der Waals surface area contributed by atoms with E-state index in [-0.39, 0.29) is 4.64 Å². The molecular weight excluding hydrogens is 191 g/mol. The first-order chi connectivity index (χ1) is 5.41. The molecule has 2 nitrogen and oxygen atoms in total. The number of nitrogens with zero attached hydrogens (tertiary/aromatic N) is 1. The van der Waals surface area contributed by atoms with Crippen LogP contribution in [-0.2, 0) is 6.18 Å². The third-order valence-electron chi connectivity index (χ3n) is 1.23. The van der Waals surface area contributed by atoms with Crippen molar-refractivity contribution in [2.75, 3.05) is 0 Å². The first kappa shape index (κ1) is 9.05. The molecule has 66 valence electrons. The summed E-state index contributed by atoms with van der Waals surface area (Å²) >= 11 is 4.42. The Hall–Kier alpha value is -1.04. The lowest BCUT2D eigenvalue weighted by Crippen LogP contribution is -2.06. The van der Waals surface area contributed by atoms with Gasteiger partial charge in [-0.05, 0) is 12.1 Å². The Bertz CT molecular complexity index is 343. The summed E-state index contributed by atoms with van der Waals surface area (Å²) in [6.45, 7) is 0. The Kier molecular flexibility index (Phi) is 2.10. The van der Waals surface area contributed by atoms with Crippen molar-refractivity contribution in [1.29, 1.82) is 0 Å². The van der Waals surface area contributed by atoms with Crippen LogP contribution in [0.1, 0.15) is 5.56 Å². The second-order valence-corrected chi connectivity index (χ2v) is 2.51. The minimum absolute atomic E-state index is 0.273. The van der Waals surface area contributed by atoms with Gasteiger partial charge in [0.15, 0.2) is 0 Å². The minimum atomic E-state index is -4.41. The molecule has 0 aromatic carbocycles. The van der Waals surface area contributed by atoms with Crippen molar-refractivity contribution in [2.24, 2.45) is 0 Å². The molecule has 1 aromatic heterocycles. The molecule has 6 heteroatoms. The summed E-state index contributed by atoms with van der Waals surface area (Å²) in [6, 6.07) is 1.44. The van der Waals surface area contributed by atoms with Crippen LogP contribution in [0.4, 0.5) is 13.2 Å². The van der Waals surface area contributed by atoms with Crippen molar-refractivity contribution >= 4 is 12.2 Å². The largest absolute Gasteiger partial charge is 0.428 e. The molecule has 12 heavy (non-hydrogen) atoms. The van der Waals surface area contributed by atoms with Crippen LogP contribution in [-0.4, -0.2) is 9.94 Å². The summed E-state index contributed by atoms with van der Waals surface area (Å²) < 4.78 is 36.1. The van der Waals surface area contributed by atoms with Gasteiger partial charge in [0.2, 0.25) is 0 Å². The SMILES string of the molecule is On1ccc(C(F)(F)F)cc1=S. The van der Waals surface area contributed by atoms with E-state index in [0.29, 0.717) is 10.8 Å². The van der Waals surface area contributed by atoms with Gasteiger partial charge in [0, 0.05) is 6.20 Å². The summed E-state index contributed by atoms with van der Waals surface area (Å²) in [5, 5.41) is 8.75. The average molecular weight is 195 g/mol. The fourth-order valence-corrected chi connectivity index (χ4v) is 0.836. The molecule has 0 fully saturated rings. The Morgan fingerprint density at radius 2 is 2.00 bits per heavy atom. The molecule has 0 radical (unpaired) electrons. The summed E-state index contributed by atoms with van der Waals surface area (Å²) in [4.78, 5) is 0. The van der Waals surface area contributed by atoms with Crippen LogP contribution in [0, 0.1) is 4.64 Å². The van der Waals surface area contributed by atoms with E-state index in [0.717, 1.165) is 12.3 Å². The molecule has 0 unspecified atom stereocenters. The van der Waals surface area contributed by atoms with Gasteiger partial charge in [-0.2, -0.15) is 17.9 Å². The van der Waals surface area contributed by atoms with Gasteiger partial charge >= 0.3 is 6.18 Å². The Labute approximate surface area is 70.8 Å². The molecule has 0 atom stereocenters. The third-order valence-corrected chi connectivity index (χ3v) is 1.53. The van der Waals surface area contributed by atoms with Gasteiger partial charge in [-0.25, -0.2) is 0 Å². The van der Waals surface area contributed by atoms with E-state index >= 15 is 0 Å². The van der Waals surface area contributed by atoms with Crippen molar-refractivity contribution in [3.05, 3.63) is 28.5 Å². The second-order valence-electron chi connectivity index (χ2n) is 2.10. The minimum Gasteiger partial charge on any atom is -0.428 e. The van der Waals surface area contributed by atoms with Gasteiger partial charge in [-0.3, -0.25) is 0 Å². The highest BCUT2D eigenvalue weighted by Crippen LogP contribution is 2.28. The normalized spacial score (nSPS) is 11.6. The Morgan fingerprint density at radius 3 is 2.42 bits per heavy atom. The summed E-state index contributed by atoms with van der Waals surface area (Å²) in [6.07, 6.45) is -3.56. The highest BCUT2D eigenvalue weighted by atomic mass is 32.1. The van der Waals surface area contributed by atoms with Gasteiger partial charge in [0.25, 0.3) is 0 Å². The molecule has 0 aliphatic heterocycles. The van der Waals surface area contributed by atoms with Crippen LogP contribution >= 0.6 is 12.2 Å². The van der Waals surface area contributed by atoms with E-state index in [1.165, 1.54) is 0 Å². The predicted octanol–water partition coefficient (Wildman–Crippen LogP) is 2.47. The van der Waals surface area contributed by atoms with Crippen molar-refractivity contribution in [3.63, 3.8) is 0 Å². The first-order valence-electron chi connectivity index (χ1n) is 2.90. The number of pyridine rings is 1. The number of rotatable bonds is 0. The van der Waals surface area contributed by atoms with Gasteiger partial charge in [-0.15, -0.1) is 0 Å². The van der Waals surface area contributed by atoms with Crippen molar-refractivity contribution in [1.82, 2.24) is 4.73 Å². The van der Waals surface area contributed by atoms with Gasteiger partial charge in [0.1, 0.15) is 4.64 Å². The van der Waals surface area contributed by atoms with E-state index in [2.05, 4.69) is 12.2 Å². The molecule has 0 spiro atoms. The maximum absolute atomic E-state index is 12.0. The van der Waals surface area contributed by atoms with Crippen LogP contribution in [0.15, 0.2) is 18.3 Å². The molecule has 0 saturated heterocycles. The molecule has 1 heterocycles. The van der Waals surface area contributed by atoms with Crippen molar-refractivity contribution in [3.8, 4) is 0 Å². The number of alkyl halides is 3. The number of halogens is 3. The molecule has 0 amide bonds. The number of hydrogen-bond acceptors (Lipinski definition) is 2. The average Bonchev–Trinajstić information content (AvgIpc) is 1.92. The van der Waals surface area contributed by atoms with E-state index in [1.54, 1.807) is 0 Å². The molecule has 0 aliphatic rings. The van der Waals surface area contributed by atoms with Crippen LogP contribution in [0.25, 0.3) is 0 Å². The molecule has 1 aromatic rings. The lowest BCUT2D eigenvalue weighted by molar-refractivity contribution is -0.137. The van der Waals surface area contributed by atoms with Crippen molar-refractivity contribution in [2.45, 2.75) is 6.18 Å². The molecule has 0 saturated carbocycles. The summed E-state index contributed by atoms with van der Waals surface area (Å²) in [5.74, 6) is 0. The van der Waals surface area contributed by atoms with E-state index in [9.17, 15) is 13.2 Å².